The molecule has 0 aromatic heterocycles. The topological polar surface area (TPSA) is 168 Å². The molecular formula is C31H45N5O7S. The summed E-state index contributed by atoms with van der Waals surface area (Å²) in [6, 6.07) is 3.71. The van der Waals surface area contributed by atoms with Crippen LogP contribution in [0.2, 0.25) is 0 Å². The highest BCUT2D eigenvalue weighted by atomic mass is 32.2. The first-order chi connectivity index (χ1) is 20.7. The van der Waals surface area contributed by atoms with E-state index in [9.17, 15) is 27.6 Å². The Hall–Kier alpha value is -3.61. The van der Waals surface area contributed by atoms with E-state index in [4.69, 9.17) is 10.5 Å². The van der Waals surface area contributed by atoms with E-state index in [1.54, 1.807) is 32.9 Å². The molecule has 2 aliphatic heterocycles. The lowest BCUT2D eigenvalue weighted by Gasteiger charge is -2.34. The SMILES string of the molecule is CCc1ccc(NS(=O)(=O)C23CC2/C=C\CCCCCC(N(C(N)=O)C(=O)OC(C)(C)C)C(=O)N2CCCC2C(=O)N3)cc1. The van der Waals surface area contributed by atoms with Crippen molar-refractivity contribution in [1.29, 1.82) is 0 Å². The Morgan fingerprint density at radius 2 is 1.82 bits per heavy atom. The van der Waals surface area contributed by atoms with Crippen molar-refractivity contribution in [3.8, 4) is 0 Å². The number of amides is 5. The van der Waals surface area contributed by atoms with Gasteiger partial charge in [-0.05, 0) is 83.4 Å². The number of nitrogens with zero attached hydrogens (tertiary/aromatic N) is 2. The summed E-state index contributed by atoms with van der Waals surface area (Å²) in [7, 11) is -4.10. The van der Waals surface area contributed by atoms with Gasteiger partial charge in [0.05, 0.1) is 0 Å². The van der Waals surface area contributed by atoms with Gasteiger partial charge in [-0.2, -0.15) is 0 Å². The molecule has 4 unspecified atom stereocenters. The number of benzene rings is 1. The van der Waals surface area contributed by atoms with Crippen molar-refractivity contribution in [2.45, 2.75) is 108 Å². The third-order valence-electron chi connectivity index (χ3n) is 8.37. The Morgan fingerprint density at radius 1 is 1.11 bits per heavy atom. The molecule has 2 fully saturated rings. The Labute approximate surface area is 259 Å². The number of aryl methyl sites for hydroxylation is 1. The molecule has 13 heteroatoms. The molecule has 4 N–H and O–H groups in total. The molecule has 5 amide bonds. The molecule has 1 saturated carbocycles. The fraction of sp³-hybridized carbons (Fsp3) is 0.613. The summed E-state index contributed by atoms with van der Waals surface area (Å²) in [5, 5.41) is 2.80. The summed E-state index contributed by atoms with van der Waals surface area (Å²) in [6.45, 7) is 7.13. The van der Waals surface area contributed by atoms with E-state index in [0.29, 0.717) is 42.7 Å². The first-order valence-corrected chi connectivity index (χ1v) is 16.9. The van der Waals surface area contributed by atoms with Gasteiger partial charge in [-0.3, -0.25) is 14.3 Å². The number of rotatable bonds is 5. The summed E-state index contributed by atoms with van der Waals surface area (Å²) in [5.41, 5.74) is 6.13. The van der Waals surface area contributed by atoms with Crippen molar-refractivity contribution in [2.75, 3.05) is 11.3 Å². The highest BCUT2D eigenvalue weighted by molar-refractivity contribution is 7.94. The molecular weight excluding hydrogens is 586 g/mol. The number of hydrogen-bond acceptors (Lipinski definition) is 7. The lowest BCUT2D eigenvalue weighted by Crippen LogP contribution is -2.59. The number of nitrogens with two attached hydrogens (primary N) is 1. The molecule has 3 aliphatic rings. The van der Waals surface area contributed by atoms with Crippen LogP contribution in [0, 0.1) is 5.92 Å². The normalized spacial score (nSPS) is 27.1. The van der Waals surface area contributed by atoms with Gasteiger partial charge >= 0.3 is 12.1 Å². The maximum atomic E-state index is 14.0. The van der Waals surface area contributed by atoms with Crippen molar-refractivity contribution < 1.29 is 32.3 Å². The number of ether oxygens (including phenoxy) is 1. The fourth-order valence-electron chi connectivity index (χ4n) is 5.93. The zero-order valence-electron chi connectivity index (χ0n) is 26.0. The number of primary amides is 1. The molecule has 0 radical (unpaired) electrons. The number of carbonyl (C=O) groups is 4. The molecule has 1 aliphatic carbocycles. The molecule has 1 saturated heterocycles. The zero-order valence-corrected chi connectivity index (χ0v) is 26.8. The second-order valence-electron chi connectivity index (χ2n) is 12.8. The van der Waals surface area contributed by atoms with Gasteiger partial charge in [-0.1, -0.05) is 44.1 Å². The highest BCUT2D eigenvalue weighted by Crippen LogP contribution is 2.50. The minimum Gasteiger partial charge on any atom is -0.443 e. The molecule has 44 heavy (non-hydrogen) atoms. The summed E-state index contributed by atoms with van der Waals surface area (Å²) >= 11 is 0. The van der Waals surface area contributed by atoms with Crippen molar-refractivity contribution >= 4 is 39.6 Å². The van der Waals surface area contributed by atoms with Crippen molar-refractivity contribution in [3.63, 3.8) is 0 Å². The molecule has 0 bridgehead atoms. The van der Waals surface area contributed by atoms with E-state index < -0.39 is 62.4 Å². The molecule has 1 aromatic carbocycles. The molecule has 2 heterocycles. The third-order valence-corrected chi connectivity index (χ3v) is 10.4. The second-order valence-corrected chi connectivity index (χ2v) is 14.7. The first-order valence-electron chi connectivity index (χ1n) is 15.4. The number of hydrogen-bond donors (Lipinski definition) is 3. The standard InChI is InChI=1S/C31H45N5O7S/c1-5-21-15-17-23(18-16-21)34-44(41,42)31-20-22(31)12-9-7-6-8-10-13-25(36(28(32)39)29(40)43-30(2,3)4)27(38)35-19-11-14-24(35)26(37)33-31/h9,12,15-18,22,24-25,34H,5-8,10-11,13-14,19-20H2,1-4H3,(H2,32,39)(H,33,37)/b12-9-. The number of anilines is 1. The predicted molar refractivity (Wildman–Crippen MR) is 166 cm³/mol. The lowest BCUT2D eigenvalue weighted by molar-refractivity contribution is -0.142. The number of urea groups is 1. The second kappa shape index (κ2) is 13.2. The van der Waals surface area contributed by atoms with Gasteiger partial charge in [0.25, 0.3) is 10.0 Å². The van der Waals surface area contributed by atoms with E-state index in [2.05, 4.69) is 10.0 Å². The third kappa shape index (κ3) is 7.36. The lowest BCUT2D eigenvalue weighted by atomic mass is 10.0. The molecule has 0 spiro atoms. The van der Waals surface area contributed by atoms with Gasteiger partial charge in [-0.15, -0.1) is 0 Å². The number of nitrogens with one attached hydrogen (secondary N) is 2. The van der Waals surface area contributed by atoms with Crippen LogP contribution in [0.25, 0.3) is 0 Å². The maximum Gasteiger partial charge on any atom is 0.419 e. The van der Waals surface area contributed by atoms with Crippen molar-refractivity contribution in [1.82, 2.24) is 15.1 Å². The smallest absolute Gasteiger partial charge is 0.419 e. The van der Waals surface area contributed by atoms with E-state index in [-0.39, 0.29) is 19.4 Å². The number of carbonyl (C=O) groups excluding carboxylic acids is 4. The first kappa shape index (κ1) is 33.3. The van der Waals surface area contributed by atoms with Gasteiger partial charge in [0.2, 0.25) is 11.8 Å². The highest BCUT2D eigenvalue weighted by Gasteiger charge is 2.64. The number of fused-ring (bicyclic) bond motifs is 2. The minimum atomic E-state index is -4.10. The van der Waals surface area contributed by atoms with Crippen LogP contribution in [-0.4, -0.2) is 71.3 Å². The van der Waals surface area contributed by atoms with Crippen LogP contribution < -0.4 is 15.8 Å². The molecule has 12 nitrogen and oxygen atoms in total. The number of allylic oxidation sites excluding steroid dienone is 1. The van der Waals surface area contributed by atoms with Crippen LogP contribution >= 0.6 is 0 Å². The van der Waals surface area contributed by atoms with Crippen LogP contribution in [0.15, 0.2) is 36.4 Å². The number of sulfonamides is 1. The van der Waals surface area contributed by atoms with Crippen molar-refractivity contribution in [3.05, 3.63) is 42.0 Å². The summed E-state index contributed by atoms with van der Waals surface area (Å²) in [5.74, 6) is -1.64. The van der Waals surface area contributed by atoms with Gasteiger partial charge in [0.15, 0.2) is 4.87 Å². The quantitative estimate of drug-likeness (QED) is 0.413. The largest absolute Gasteiger partial charge is 0.443 e. The zero-order chi connectivity index (χ0) is 32.3. The van der Waals surface area contributed by atoms with E-state index in [0.717, 1.165) is 18.4 Å². The minimum absolute atomic E-state index is 0.150. The summed E-state index contributed by atoms with van der Waals surface area (Å²) < 4.78 is 35.7. The van der Waals surface area contributed by atoms with Crippen LogP contribution in [-0.2, 0) is 30.8 Å². The summed E-state index contributed by atoms with van der Waals surface area (Å²) in [4.78, 5) is 53.9. The monoisotopic (exact) mass is 631 g/mol. The van der Waals surface area contributed by atoms with Crippen molar-refractivity contribution in [2.24, 2.45) is 11.7 Å². The van der Waals surface area contributed by atoms with E-state index in [1.807, 2.05) is 31.2 Å². The predicted octanol–water partition coefficient (Wildman–Crippen LogP) is 4.02. The fourth-order valence-corrected chi connectivity index (χ4v) is 7.67. The van der Waals surface area contributed by atoms with Gasteiger partial charge in [0.1, 0.15) is 17.7 Å². The average Bonchev–Trinajstić information content (AvgIpc) is 3.41. The Bertz CT molecular complexity index is 1390. The van der Waals surface area contributed by atoms with Crippen LogP contribution in [0.4, 0.5) is 15.3 Å². The molecule has 1 aromatic rings. The maximum absolute atomic E-state index is 14.0. The van der Waals surface area contributed by atoms with Gasteiger partial charge in [-0.25, -0.2) is 22.9 Å². The van der Waals surface area contributed by atoms with Crippen LogP contribution in [0.3, 0.4) is 0 Å². The van der Waals surface area contributed by atoms with E-state index >= 15 is 0 Å². The Kier molecular flexibility index (Phi) is 9.96. The Morgan fingerprint density at radius 3 is 2.45 bits per heavy atom. The van der Waals surface area contributed by atoms with E-state index in [1.165, 1.54) is 4.90 Å². The number of imide groups is 1. The molecule has 4 rings (SSSR count). The molecule has 4 atom stereocenters. The average molecular weight is 632 g/mol. The van der Waals surface area contributed by atoms with Gasteiger partial charge < -0.3 is 20.7 Å². The Balaban J connectivity index is 1.64. The van der Waals surface area contributed by atoms with Gasteiger partial charge in [0, 0.05) is 18.2 Å². The van der Waals surface area contributed by atoms with Crippen LogP contribution in [0.5, 0.6) is 0 Å². The molecule has 242 valence electrons. The summed E-state index contributed by atoms with van der Waals surface area (Å²) in [6.07, 6.45) is 7.29. The van der Waals surface area contributed by atoms with Crippen LogP contribution in [0.1, 0.15) is 84.6 Å².